The van der Waals surface area contributed by atoms with Crippen molar-refractivity contribution in [1.29, 1.82) is 5.26 Å². The molecular formula is C14H16ClNO2. The van der Waals surface area contributed by atoms with Crippen LogP contribution in [0.3, 0.4) is 0 Å². The van der Waals surface area contributed by atoms with Crippen LogP contribution in [0.2, 0.25) is 5.02 Å². The van der Waals surface area contributed by atoms with Crippen LogP contribution in [0.5, 0.6) is 0 Å². The van der Waals surface area contributed by atoms with E-state index in [9.17, 15) is 4.79 Å². The van der Waals surface area contributed by atoms with Crippen molar-refractivity contribution in [3.05, 3.63) is 34.9 Å². The van der Waals surface area contributed by atoms with E-state index in [1.165, 1.54) is 0 Å². The molecule has 0 bridgehead atoms. The Kier molecular flexibility index (Phi) is 5.18. The fourth-order valence-electron chi connectivity index (χ4n) is 1.85. The van der Waals surface area contributed by atoms with Crippen molar-refractivity contribution in [3.63, 3.8) is 0 Å². The van der Waals surface area contributed by atoms with Crippen molar-refractivity contribution in [2.24, 2.45) is 0 Å². The first kappa shape index (κ1) is 14.5. The number of nitrogens with zero attached hydrogens (tertiary/aromatic N) is 1. The lowest BCUT2D eigenvalue weighted by molar-refractivity contribution is -0.149. The van der Waals surface area contributed by atoms with E-state index in [2.05, 4.69) is 6.07 Å². The number of carbonyl (C=O) groups is 1. The Bertz CT molecular complexity index is 467. The highest BCUT2D eigenvalue weighted by atomic mass is 35.5. The van der Waals surface area contributed by atoms with Gasteiger partial charge in [-0.1, -0.05) is 29.8 Å². The van der Waals surface area contributed by atoms with Crippen LogP contribution in [0.4, 0.5) is 0 Å². The van der Waals surface area contributed by atoms with Crippen LogP contribution in [0, 0.1) is 11.3 Å². The van der Waals surface area contributed by atoms with E-state index in [4.69, 9.17) is 21.6 Å². The zero-order valence-corrected chi connectivity index (χ0v) is 11.3. The molecule has 96 valence electrons. The van der Waals surface area contributed by atoms with Gasteiger partial charge in [0.15, 0.2) is 0 Å². The lowest BCUT2D eigenvalue weighted by Crippen LogP contribution is -2.34. The minimum absolute atomic E-state index is 0.278. The topological polar surface area (TPSA) is 50.1 Å². The summed E-state index contributed by atoms with van der Waals surface area (Å²) in [5.41, 5.74) is -0.162. The fourth-order valence-corrected chi connectivity index (χ4v) is 2.20. The maximum absolute atomic E-state index is 12.1. The van der Waals surface area contributed by atoms with Crippen LogP contribution in [0.15, 0.2) is 24.3 Å². The van der Waals surface area contributed by atoms with Crippen LogP contribution >= 0.6 is 11.6 Å². The molecule has 18 heavy (non-hydrogen) atoms. The summed E-state index contributed by atoms with van der Waals surface area (Å²) < 4.78 is 5.11. The molecule has 3 nitrogen and oxygen atoms in total. The third kappa shape index (κ3) is 3.02. The molecular weight excluding hydrogens is 250 g/mol. The van der Waals surface area contributed by atoms with Crippen molar-refractivity contribution in [3.8, 4) is 6.07 Å². The number of rotatable bonds is 5. The molecule has 1 rings (SSSR count). The predicted octanol–water partition coefficient (Wildman–Crippen LogP) is 3.46. The van der Waals surface area contributed by atoms with Crippen molar-refractivity contribution in [1.82, 2.24) is 0 Å². The predicted molar refractivity (Wildman–Crippen MR) is 70.3 cm³/mol. The molecule has 4 heteroatoms. The Balaban J connectivity index is 3.16. The van der Waals surface area contributed by atoms with Crippen molar-refractivity contribution in [2.75, 3.05) is 6.61 Å². The number of hydrogen-bond acceptors (Lipinski definition) is 3. The quantitative estimate of drug-likeness (QED) is 0.766. The molecule has 1 aromatic carbocycles. The molecule has 0 spiro atoms. The first-order chi connectivity index (χ1) is 8.56. The molecule has 0 saturated carbocycles. The van der Waals surface area contributed by atoms with Gasteiger partial charge in [-0.15, -0.1) is 0 Å². The van der Waals surface area contributed by atoms with E-state index in [1.807, 2.05) is 12.1 Å². The number of nitriles is 1. The number of halogens is 1. The van der Waals surface area contributed by atoms with Crippen LogP contribution in [-0.2, 0) is 14.9 Å². The van der Waals surface area contributed by atoms with Crippen molar-refractivity contribution in [2.45, 2.75) is 32.1 Å². The second-order valence-electron chi connectivity index (χ2n) is 4.19. The van der Waals surface area contributed by atoms with E-state index >= 15 is 0 Å². The Morgan fingerprint density at radius 2 is 2.17 bits per heavy atom. The lowest BCUT2D eigenvalue weighted by atomic mass is 9.78. The van der Waals surface area contributed by atoms with Crippen LogP contribution in [0.25, 0.3) is 0 Å². The number of ether oxygens (including phenoxy) is 1. The summed E-state index contributed by atoms with van der Waals surface area (Å²) in [4.78, 5) is 12.1. The lowest BCUT2D eigenvalue weighted by Gasteiger charge is -2.27. The molecule has 0 heterocycles. The normalized spacial score (nSPS) is 13.4. The SMILES string of the molecule is CCOC(=O)C(C)(CCC#N)c1ccccc1Cl. The third-order valence-electron chi connectivity index (χ3n) is 2.93. The van der Waals surface area contributed by atoms with Gasteiger partial charge in [-0.05, 0) is 31.9 Å². The molecule has 0 radical (unpaired) electrons. The second kappa shape index (κ2) is 6.42. The molecule has 1 atom stereocenters. The molecule has 0 aliphatic carbocycles. The number of benzene rings is 1. The van der Waals surface area contributed by atoms with Crippen molar-refractivity contribution < 1.29 is 9.53 Å². The molecule has 0 amide bonds. The minimum Gasteiger partial charge on any atom is -0.465 e. The molecule has 0 fully saturated rings. The maximum Gasteiger partial charge on any atom is 0.316 e. The van der Waals surface area contributed by atoms with Crippen LogP contribution in [-0.4, -0.2) is 12.6 Å². The number of carbonyl (C=O) groups excluding carboxylic acids is 1. The average molecular weight is 266 g/mol. The highest BCUT2D eigenvalue weighted by Crippen LogP contribution is 2.35. The van der Waals surface area contributed by atoms with E-state index in [0.717, 1.165) is 0 Å². The van der Waals surface area contributed by atoms with Gasteiger partial charge in [0.05, 0.1) is 18.1 Å². The molecule has 0 N–H and O–H groups in total. The summed E-state index contributed by atoms with van der Waals surface area (Å²) >= 11 is 6.14. The minimum atomic E-state index is -0.871. The Morgan fingerprint density at radius 3 is 2.72 bits per heavy atom. The zero-order valence-electron chi connectivity index (χ0n) is 10.6. The van der Waals surface area contributed by atoms with Gasteiger partial charge in [0.1, 0.15) is 0 Å². The first-order valence-corrected chi connectivity index (χ1v) is 6.23. The monoisotopic (exact) mass is 265 g/mol. The van der Waals surface area contributed by atoms with Crippen LogP contribution in [0.1, 0.15) is 32.3 Å². The summed E-state index contributed by atoms with van der Waals surface area (Å²) in [5.74, 6) is -0.339. The average Bonchev–Trinajstić information content (AvgIpc) is 2.36. The molecule has 0 saturated heterocycles. The largest absolute Gasteiger partial charge is 0.465 e. The highest BCUT2D eigenvalue weighted by molar-refractivity contribution is 6.31. The van der Waals surface area contributed by atoms with Crippen LogP contribution < -0.4 is 0 Å². The summed E-state index contributed by atoms with van der Waals surface area (Å²) in [5, 5.41) is 9.24. The smallest absolute Gasteiger partial charge is 0.316 e. The standard InChI is InChI=1S/C14H16ClNO2/c1-3-18-13(17)14(2,9-6-10-16)11-7-4-5-8-12(11)15/h4-5,7-8H,3,6,9H2,1-2H3. The van der Waals surface area contributed by atoms with E-state index in [0.29, 0.717) is 23.6 Å². The van der Waals surface area contributed by atoms with Gasteiger partial charge >= 0.3 is 5.97 Å². The molecule has 0 aromatic heterocycles. The first-order valence-electron chi connectivity index (χ1n) is 5.85. The molecule has 0 aliphatic rings. The molecule has 1 aromatic rings. The van der Waals surface area contributed by atoms with Gasteiger partial charge in [-0.3, -0.25) is 4.79 Å². The summed E-state index contributed by atoms with van der Waals surface area (Å²) in [6.07, 6.45) is 0.673. The fraction of sp³-hybridized carbons (Fsp3) is 0.429. The number of hydrogen-bond donors (Lipinski definition) is 0. The summed E-state index contributed by atoms with van der Waals surface area (Å²) in [6.45, 7) is 3.84. The third-order valence-corrected chi connectivity index (χ3v) is 3.26. The molecule has 0 aliphatic heterocycles. The molecule has 1 unspecified atom stereocenters. The Labute approximate surface area is 112 Å². The summed E-state index contributed by atoms with van der Waals surface area (Å²) in [7, 11) is 0. The van der Waals surface area contributed by atoms with E-state index in [-0.39, 0.29) is 12.4 Å². The van der Waals surface area contributed by atoms with Gasteiger partial charge in [-0.2, -0.15) is 5.26 Å². The van der Waals surface area contributed by atoms with Crippen molar-refractivity contribution >= 4 is 17.6 Å². The van der Waals surface area contributed by atoms with Gasteiger partial charge < -0.3 is 4.74 Å². The Morgan fingerprint density at radius 1 is 1.50 bits per heavy atom. The van der Waals surface area contributed by atoms with Gasteiger partial charge in [-0.25, -0.2) is 0 Å². The second-order valence-corrected chi connectivity index (χ2v) is 4.60. The zero-order chi connectivity index (χ0) is 13.6. The summed E-state index contributed by atoms with van der Waals surface area (Å²) in [6, 6.07) is 9.23. The van der Waals surface area contributed by atoms with Gasteiger partial charge in [0.2, 0.25) is 0 Å². The maximum atomic E-state index is 12.1. The Hall–Kier alpha value is -1.53. The number of esters is 1. The van der Waals surface area contributed by atoms with E-state index in [1.54, 1.807) is 26.0 Å². The highest BCUT2D eigenvalue weighted by Gasteiger charge is 2.37. The van der Waals surface area contributed by atoms with E-state index < -0.39 is 5.41 Å². The van der Waals surface area contributed by atoms with Gasteiger partial charge in [0.25, 0.3) is 0 Å². The van der Waals surface area contributed by atoms with Gasteiger partial charge in [0, 0.05) is 11.4 Å².